The third kappa shape index (κ3) is 4.11. The van der Waals surface area contributed by atoms with Crippen molar-refractivity contribution in [2.75, 3.05) is 37.7 Å². The predicted octanol–water partition coefficient (Wildman–Crippen LogP) is 2.17. The Morgan fingerprint density at radius 2 is 2.07 bits per heavy atom. The van der Waals surface area contributed by atoms with Crippen molar-refractivity contribution in [1.82, 2.24) is 20.1 Å². The average Bonchev–Trinajstić information content (AvgIpc) is 3.00. The number of nitrogens with zero attached hydrogens (tertiary/aromatic N) is 4. The van der Waals surface area contributed by atoms with Crippen molar-refractivity contribution in [2.45, 2.75) is 36.6 Å². The fraction of sp³-hybridized carbons (Fsp3) is 0.526. The topological polar surface area (TPSA) is 72.3 Å². The summed E-state index contributed by atoms with van der Waals surface area (Å²) in [6.07, 6.45) is 2.95. The van der Waals surface area contributed by atoms with Crippen LogP contribution in [0.1, 0.15) is 24.8 Å². The highest BCUT2D eigenvalue weighted by molar-refractivity contribution is 8.00. The Morgan fingerprint density at radius 1 is 1.22 bits per heavy atom. The summed E-state index contributed by atoms with van der Waals surface area (Å²) >= 11 is 1.52. The van der Waals surface area contributed by atoms with Crippen molar-refractivity contribution in [2.24, 2.45) is 0 Å². The van der Waals surface area contributed by atoms with Crippen molar-refractivity contribution < 1.29 is 9.53 Å². The van der Waals surface area contributed by atoms with Crippen LogP contribution in [0.3, 0.4) is 0 Å². The molecule has 0 unspecified atom stereocenters. The molecule has 0 saturated carbocycles. The van der Waals surface area contributed by atoms with Crippen molar-refractivity contribution in [3.8, 4) is 5.69 Å². The fourth-order valence-corrected chi connectivity index (χ4v) is 4.56. The second-order valence-corrected chi connectivity index (χ2v) is 8.12. The number of thioether (sulfide) groups is 1. The first-order chi connectivity index (χ1) is 13.2. The lowest BCUT2D eigenvalue weighted by molar-refractivity contribution is -0.120. The van der Waals surface area contributed by atoms with Gasteiger partial charge in [-0.1, -0.05) is 30.3 Å². The molecule has 2 fully saturated rings. The summed E-state index contributed by atoms with van der Waals surface area (Å²) < 4.78 is 7.57. The molecule has 1 amide bonds. The van der Waals surface area contributed by atoms with Crippen LogP contribution in [0.15, 0.2) is 29.4 Å². The van der Waals surface area contributed by atoms with Gasteiger partial charge in [0.05, 0.1) is 24.2 Å². The highest BCUT2D eigenvalue weighted by atomic mass is 32.2. The lowest BCUT2D eigenvalue weighted by Gasteiger charge is -2.28. The average molecular weight is 388 g/mol. The number of aryl methyl sites for hydroxylation is 1. The first-order valence-electron chi connectivity index (χ1n) is 9.52. The molecule has 7 nitrogen and oxygen atoms in total. The Kier molecular flexibility index (Phi) is 5.63. The van der Waals surface area contributed by atoms with Gasteiger partial charge in [0.1, 0.15) is 0 Å². The fourth-order valence-electron chi connectivity index (χ4n) is 3.45. The second kappa shape index (κ2) is 8.31. The van der Waals surface area contributed by atoms with Crippen LogP contribution in [0.25, 0.3) is 5.69 Å². The van der Waals surface area contributed by atoms with Crippen LogP contribution in [0.5, 0.6) is 0 Å². The van der Waals surface area contributed by atoms with Gasteiger partial charge in [-0.3, -0.25) is 9.36 Å². The molecule has 8 heteroatoms. The van der Waals surface area contributed by atoms with Crippen LogP contribution in [-0.2, 0) is 9.53 Å². The minimum atomic E-state index is -0.127. The van der Waals surface area contributed by atoms with Crippen LogP contribution < -0.4 is 10.2 Å². The molecule has 2 saturated heterocycles. The minimum Gasteiger partial charge on any atom is -0.378 e. The van der Waals surface area contributed by atoms with E-state index in [4.69, 9.17) is 4.74 Å². The van der Waals surface area contributed by atoms with E-state index in [-0.39, 0.29) is 11.2 Å². The normalized spacial score (nSPS) is 21.0. The summed E-state index contributed by atoms with van der Waals surface area (Å²) in [4.78, 5) is 14.6. The Morgan fingerprint density at radius 3 is 2.89 bits per heavy atom. The summed E-state index contributed by atoms with van der Waals surface area (Å²) in [6, 6.07) is 8.32. The number of benzene rings is 1. The number of rotatable bonds is 4. The summed E-state index contributed by atoms with van der Waals surface area (Å²) in [6.45, 7) is 5.80. The van der Waals surface area contributed by atoms with Gasteiger partial charge in [0.25, 0.3) is 0 Å². The molecule has 3 heterocycles. The van der Waals surface area contributed by atoms with Gasteiger partial charge in [0.15, 0.2) is 5.16 Å². The van der Waals surface area contributed by atoms with E-state index in [1.54, 1.807) is 0 Å². The number of aromatic nitrogens is 3. The maximum absolute atomic E-state index is 12.4. The lowest BCUT2D eigenvalue weighted by Crippen LogP contribution is -2.38. The number of morpholine rings is 1. The van der Waals surface area contributed by atoms with Gasteiger partial charge in [0, 0.05) is 19.6 Å². The molecule has 27 heavy (non-hydrogen) atoms. The van der Waals surface area contributed by atoms with Crippen LogP contribution in [0.4, 0.5) is 5.95 Å². The van der Waals surface area contributed by atoms with E-state index in [1.165, 1.54) is 17.3 Å². The van der Waals surface area contributed by atoms with Crippen molar-refractivity contribution >= 4 is 23.6 Å². The van der Waals surface area contributed by atoms with Gasteiger partial charge in [-0.2, -0.15) is 0 Å². The summed E-state index contributed by atoms with van der Waals surface area (Å²) in [5.41, 5.74) is 2.20. The van der Waals surface area contributed by atoms with Crippen LogP contribution in [0, 0.1) is 6.92 Å². The second-order valence-electron chi connectivity index (χ2n) is 6.95. The van der Waals surface area contributed by atoms with Gasteiger partial charge >= 0.3 is 0 Å². The standard InChI is InChI=1S/C19H25N5O2S/c1-14-5-4-6-15(13-14)24-18(23-9-11-26-12-10-23)21-22-19(24)27-16-7-2-3-8-20-17(16)25/h4-6,13,16H,2-3,7-12H2,1H3,(H,20,25)/t16-/m0/s1. The monoisotopic (exact) mass is 387 g/mol. The number of ether oxygens (including phenoxy) is 1. The number of carbonyl (C=O) groups excluding carboxylic acids is 1. The number of carbonyl (C=O) groups is 1. The summed E-state index contributed by atoms with van der Waals surface area (Å²) in [5, 5.41) is 12.6. The zero-order valence-electron chi connectivity index (χ0n) is 15.6. The maximum Gasteiger partial charge on any atom is 0.233 e. The van der Waals surface area contributed by atoms with Crippen LogP contribution in [0.2, 0.25) is 0 Å². The quantitative estimate of drug-likeness (QED) is 0.867. The molecule has 4 rings (SSSR count). The third-order valence-electron chi connectivity index (χ3n) is 4.90. The first-order valence-corrected chi connectivity index (χ1v) is 10.4. The van der Waals surface area contributed by atoms with Gasteiger partial charge in [-0.25, -0.2) is 0 Å². The zero-order chi connectivity index (χ0) is 18.6. The molecule has 1 atom stereocenters. The maximum atomic E-state index is 12.4. The lowest BCUT2D eigenvalue weighted by atomic mass is 10.2. The highest BCUT2D eigenvalue weighted by Gasteiger charge is 2.27. The van der Waals surface area contributed by atoms with Gasteiger partial charge < -0.3 is 15.0 Å². The summed E-state index contributed by atoms with van der Waals surface area (Å²) in [5.74, 6) is 0.921. The Bertz CT molecular complexity index is 803. The van der Waals surface area contributed by atoms with E-state index in [2.05, 4.69) is 50.1 Å². The Labute approximate surface area is 163 Å². The highest BCUT2D eigenvalue weighted by Crippen LogP contribution is 2.32. The third-order valence-corrected chi connectivity index (χ3v) is 6.11. The molecule has 2 aromatic rings. The number of anilines is 1. The molecule has 2 aliphatic heterocycles. The Balaban J connectivity index is 1.70. The molecular formula is C19H25N5O2S. The molecular weight excluding hydrogens is 362 g/mol. The number of nitrogens with one attached hydrogen (secondary N) is 1. The molecule has 2 aliphatic rings. The zero-order valence-corrected chi connectivity index (χ0v) is 16.4. The molecule has 1 aromatic heterocycles. The Hall–Kier alpha value is -2.06. The first kappa shape index (κ1) is 18.3. The summed E-state index contributed by atoms with van der Waals surface area (Å²) in [7, 11) is 0. The molecule has 1 aromatic carbocycles. The van der Waals surface area contributed by atoms with E-state index in [0.717, 1.165) is 55.7 Å². The molecule has 0 bridgehead atoms. The van der Waals surface area contributed by atoms with E-state index in [0.29, 0.717) is 13.2 Å². The van der Waals surface area contributed by atoms with Crippen molar-refractivity contribution in [3.05, 3.63) is 29.8 Å². The van der Waals surface area contributed by atoms with Crippen LogP contribution >= 0.6 is 11.8 Å². The van der Waals surface area contributed by atoms with E-state index in [9.17, 15) is 4.79 Å². The minimum absolute atomic E-state index is 0.101. The van der Waals surface area contributed by atoms with E-state index in [1.807, 2.05) is 6.07 Å². The van der Waals surface area contributed by atoms with E-state index < -0.39 is 0 Å². The van der Waals surface area contributed by atoms with Gasteiger partial charge in [-0.05, 0) is 37.5 Å². The predicted molar refractivity (Wildman–Crippen MR) is 106 cm³/mol. The largest absolute Gasteiger partial charge is 0.378 e. The smallest absolute Gasteiger partial charge is 0.233 e. The van der Waals surface area contributed by atoms with Gasteiger partial charge in [-0.15, -0.1) is 10.2 Å². The van der Waals surface area contributed by atoms with E-state index >= 15 is 0 Å². The molecule has 0 aliphatic carbocycles. The van der Waals surface area contributed by atoms with Gasteiger partial charge in [0.2, 0.25) is 11.9 Å². The number of hydrogen-bond donors (Lipinski definition) is 1. The van der Waals surface area contributed by atoms with Crippen LogP contribution in [-0.4, -0.2) is 58.8 Å². The molecule has 0 spiro atoms. The van der Waals surface area contributed by atoms with Crippen molar-refractivity contribution in [1.29, 1.82) is 0 Å². The van der Waals surface area contributed by atoms with Crippen molar-refractivity contribution in [3.63, 3.8) is 0 Å². The number of amides is 1. The number of hydrogen-bond acceptors (Lipinski definition) is 6. The molecule has 0 radical (unpaired) electrons. The molecule has 1 N–H and O–H groups in total. The SMILES string of the molecule is Cc1cccc(-n2c(S[C@H]3CCCCNC3=O)nnc2N2CCOCC2)c1. The molecule has 144 valence electrons.